The minimum absolute atomic E-state index is 0. The molecule has 2 aliphatic heterocycles. The molecular weight excluding hydrogens is 306 g/mol. The molecule has 2 fully saturated rings. The Morgan fingerprint density at radius 3 is 2.55 bits per heavy atom. The number of nitrogens with one attached hydrogen (secondary N) is 1. The monoisotopic (exact) mass is 333 g/mol. The van der Waals surface area contributed by atoms with E-state index in [0.717, 1.165) is 19.4 Å². The Kier molecular flexibility index (Phi) is 7.09. The second-order valence-corrected chi connectivity index (χ2v) is 6.52. The number of ether oxygens (including phenoxy) is 1. The SMILES string of the molecule is CC(C)C(=O)NC1CCCN(C(=O)C2(N)CCOCC2)C1.Cl. The molecule has 0 aliphatic carbocycles. The minimum atomic E-state index is -0.789. The fourth-order valence-corrected chi connectivity index (χ4v) is 2.91. The number of hydrogen-bond acceptors (Lipinski definition) is 4. The zero-order valence-electron chi connectivity index (χ0n) is 13.5. The molecule has 0 bridgehead atoms. The maximum atomic E-state index is 12.7. The van der Waals surface area contributed by atoms with E-state index >= 15 is 0 Å². The summed E-state index contributed by atoms with van der Waals surface area (Å²) in [5, 5.41) is 3.02. The predicted molar refractivity (Wildman–Crippen MR) is 86.8 cm³/mol. The molecule has 128 valence electrons. The van der Waals surface area contributed by atoms with Crippen LogP contribution in [0.25, 0.3) is 0 Å². The summed E-state index contributed by atoms with van der Waals surface area (Å²) >= 11 is 0. The lowest BCUT2D eigenvalue weighted by atomic mass is 9.88. The molecule has 0 aromatic heterocycles. The summed E-state index contributed by atoms with van der Waals surface area (Å²) in [4.78, 5) is 26.3. The van der Waals surface area contributed by atoms with Crippen LogP contribution >= 0.6 is 12.4 Å². The molecule has 22 heavy (non-hydrogen) atoms. The summed E-state index contributed by atoms with van der Waals surface area (Å²) in [6.45, 7) is 6.13. The van der Waals surface area contributed by atoms with Crippen molar-refractivity contribution in [2.24, 2.45) is 11.7 Å². The third-order valence-electron chi connectivity index (χ3n) is 4.39. The third-order valence-corrected chi connectivity index (χ3v) is 4.39. The molecule has 0 saturated carbocycles. The maximum absolute atomic E-state index is 12.7. The highest BCUT2D eigenvalue weighted by molar-refractivity contribution is 5.86. The van der Waals surface area contributed by atoms with Crippen LogP contribution in [0, 0.1) is 5.92 Å². The Balaban J connectivity index is 0.00000242. The minimum Gasteiger partial charge on any atom is -0.381 e. The molecule has 0 aromatic rings. The molecule has 2 amide bonds. The first-order valence-corrected chi connectivity index (χ1v) is 7.89. The second-order valence-electron chi connectivity index (χ2n) is 6.52. The Morgan fingerprint density at radius 1 is 1.32 bits per heavy atom. The van der Waals surface area contributed by atoms with Crippen LogP contribution in [0.3, 0.4) is 0 Å². The molecule has 1 atom stereocenters. The normalized spacial score (nSPS) is 24.5. The first-order chi connectivity index (χ1) is 9.92. The highest BCUT2D eigenvalue weighted by Gasteiger charge is 2.40. The maximum Gasteiger partial charge on any atom is 0.242 e. The van der Waals surface area contributed by atoms with Gasteiger partial charge >= 0.3 is 0 Å². The number of nitrogens with zero attached hydrogens (tertiary/aromatic N) is 1. The molecular formula is C15H28ClN3O3. The lowest BCUT2D eigenvalue weighted by Gasteiger charge is -2.40. The van der Waals surface area contributed by atoms with E-state index in [-0.39, 0.29) is 36.2 Å². The van der Waals surface area contributed by atoms with E-state index in [1.165, 1.54) is 0 Å². The molecule has 6 nitrogen and oxygen atoms in total. The van der Waals surface area contributed by atoms with E-state index in [2.05, 4.69) is 5.32 Å². The highest BCUT2D eigenvalue weighted by Crippen LogP contribution is 2.23. The van der Waals surface area contributed by atoms with Crippen LogP contribution in [0.4, 0.5) is 0 Å². The van der Waals surface area contributed by atoms with E-state index in [4.69, 9.17) is 10.5 Å². The van der Waals surface area contributed by atoms with Gasteiger partial charge in [-0.1, -0.05) is 13.8 Å². The van der Waals surface area contributed by atoms with Crippen molar-refractivity contribution in [2.45, 2.75) is 51.1 Å². The number of carbonyl (C=O) groups excluding carboxylic acids is 2. The lowest BCUT2D eigenvalue weighted by Crippen LogP contribution is -2.61. The molecule has 2 rings (SSSR count). The van der Waals surface area contributed by atoms with Gasteiger partial charge in [-0.2, -0.15) is 0 Å². The van der Waals surface area contributed by atoms with E-state index in [1.54, 1.807) is 0 Å². The topological polar surface area (TPSA) is 84.7 Å². The second kappa shape index (κ2) is 8.13. The van der Waals surface area contributed by atoms with Gasteiger partial charge in [-0.25, -0.2) is 0 Å². The Morgan fingerprint density at radius 2 is 1.95 bits per heavy atom. The Hall–Kier alpha value is -0.850. The van der Waals surface area contributed by atoms with Crippen molar-refractivity contribution in [1.82, 2.24) is 10.2 Å². The molecule has 0 radical (unpaired) electrons. The first kappa shape index (κ1) is 19.2. The average molecular weight is 334 g/mol. The smallest absolute Gasteiger partial charge is 0.242 e. The Labute approximate surface area is 138 Å². The molecule has 2 aliphatic rings. The zero-order chi connectivity index (χ0) is 15.5. The standard InChI is InChI=1S/C15H27N3O3.ClH/c1-11(2)13(19)17-12-4-3-7-18(10-12)14(20)15(16)5-8-21-9-6-15;/h11-12H,3-10,16H2,1-2H3,(H,17,19);1H. The van der Waals surface area contributed by atoms with Gasteiger partial charge in [0.05, 0.1) is 5.54 Å². The summed E-state index contributed by atoms with van der Waals surface area (Å²) in [6.07, 6.45) is 2.97. The van der Waals surface area contributed by atoms with E-state index in [1.807, 2.05) is 18.7 Å². The van der Waals surface area contributed by atoms with Crippen molar-refractivity contribution >= 4 is 24.2 Å². The summed E-state index contributed by atoms with van der Waals surface area (Å²) in [6, 6.07) is 0.0426. The van der Waals surface area contributed by atoms with Crippen molar-refractivity contribution in [3.8, 4) is 0 Å². The number of halogens is 1. The molecule has 0 aromatic carbocycles. The van der Waals surface area contributed by atoms with Gasteiger partial charge in [-0.3, -0.25) is 9.59 Å². The number of likely N-dealkylation sites (tertiary alicyclic amines) is 1. The summed E-state index contributed by atoms with van der Waals surface area (Å²) in [5.74, 6) is 0.0181. The van der Waals surface area contributed by atoms with Gasteiger partial charge in [0, 0.05) is 38.3 Å². The zero-order valence-corrected chi connectivity index (χ0v) is 14.3. The van der Waals surface area contributed by atoms with Crippen molar-refractivity contribution in [1.29, 1.82) is 0 Å². The number of nitrogens with two attached hydrogens (primary N) is 1. The number of piperidine rings is 1. The molecule has 1 unspecified atom stereocenters. The van der Waals surface area contributed by atoms with Crippen LogP contribution in [0.2, 0.25) is 0 Å². The van der Waals surface area contributed by atoms with E-state index in [9.17, 15) is 9.59 Å². The van der Waals surface area contributed by atoms with E-state index in [0.29, 0.717) is 32.6 Å². The van der Waals surface area contributed by atoms with Crippen molar-refractivity contribution in [2.75, 3.05) is 26.3 Å². The van der Waals surface area contributed by atoms with E-state index < -0.39 is 5.54 Å². The summed E-state index contributed by atoms with van der Waals surface area (Å²) in [7, 11) is 0. The highest BCUT2D eigenvalue weighted by atomic mass is 35.5. The van der Waals surface area contributed by atoms with Gasteiger partial charge in [0.15, 0.2) is 0 Å². The molecule has 2 saturated heterocycles. The van der Waals surface area contributed by atoms with Crippen LogP contribution in [0.5, 0.6) is 0 Å². The van der Waals surface area contributed by atoms with Gasteiger partial charge in [0.2, 0.25) is 11.8 Å². The van der Waals surface area contributed by atoms with Gasteiger partial charge in [-0.15, -0.1) is 12.4 Å². The Bertz CT molecular complexity index is 397. The predicted octanol–water partition coefficient (Wildman–Crippen LogP) is 0.679. The summed E-state index contributed by atoms with van der Waals surface area (Å²) < 4.78 is 5.29. The van der Waals surface area contributed by atoms with Crippen molar-refractivity contribution in [3.63, 3.8) is 0 Å². The quantitative estimate of drug-likeness (QED) is 0.795. The summed E-state index contributed by atoms with van der Waals surface area (Å²) in [5.41, 5.74) is 5.48. The van der Waals surface area contributed by atoms with Crippen LogP contribution in [-0.2, 0) is 14.3 Å². The van der Waals surface area contributed by atoms with Gasteiger partial charge < -0.3 is 20.7 Å². The molecule has 2 heterocycles. The van der Waals surface area contributed by atoms with Crippen molar-refractivity contribution in [3.05, 3.63) is 0 Å². The lowest BCUT2D eigenvalue weighted by molar-refractivity contribution is -0.142. The largest absolute Gasteiger partial charge is 0.381 e. The van der Waals surface area contributed by atoms with Crippen molar-refractivity contribution < 1.29 is 14.3 Å². The van der Waals surface area contributed by atoms with Crippen LogP contribution in [0.15, 0.2) is 0 Å². The fourth-order valence-electron chi connectivity index (χ4n) is 2.91. The number of amides is 2. The van der Waals surface area contributed by atoms with Gasteiger partial charge in [0.1, 0.15) is 0 Å². The van der Waals surface area contributed by atoms with Crippen LogP contribution < -0.4 is 11.1 Å². The first-order valence-electron chi connectivity index (χ1n) is 7.89. The van der Waals surface area contributed by atoms with Gasteiger partial charge in [-0.05, 0) is 25.7 Å². The molecule has 3 N–H and O–H groups in total. The van der Waals surface area contributed by atoms with Crippen LogP contribution in [-0.4, -0.2) is 54.6 Å². The van der Waals surface area contributed by atoms with Crippen LogP contribution in [0.1, 0.15) is 39.5 Å². The average Bonchev–Trinajstić information content (AvgIpc) is 2.47. The molecule has 0 spiro atoms. The van der Waals surface area contributed by atoms with Gasteiger partial charge in [0.25, 0.3) is 0 Å². The third kappa shape index (κ3) is 4.57. The molecule has 7 heteroatoms. The number of hydrogen-bond donors (Lipinski definition) is 2. The fraction of sp³-hybridized carbons (Fsp3) is 0.867. The number of rotatable bonds is 3. The number of carbonyl (C=O) groups is 2.